The Morgan fingerprint density at radius 3 is 2.62 bits per heavy atom. The Balaban J connectivity index is 1.97. The molecule has 1 aromatic carbocycles. The summed E-state index contributed by atoms with van der Waals surface area (Å²) in [6.07, 6.45) is 5.77. The van der Waals surface area contributed by atoms with Gasteiger partial charge in [0, 0.05) is 0 Å². The third kappa shape index (κ3) is 5.10. The number of ether oxygens (including phenoxy) is 2. The van der Waals surface area contributed by atoms with Gasteiger partial charge in [0.25, 0.3) is 0 Å². The molecule has 1 aliphatic heterocycles. The highest BCUT2D eigenvalue weighted by Gasteiger charge is 2.44. The average Bonchev–Trinajstić information content (AvgIpc) is 2.78. The van der Waals surface area contributed by atoms with Gasteiger partial charge in [-0.05, 0) is 53.0 Å². The van der Waals surface area contributed by atoms with Gasteiger partial charge < -0.3 is 9.47 Å². The van der Waals surface area contributed by atoms with Crippen LogP contribution < -0.4 is 0 Å². The van der Waals surface area contributed by atoms with Crippen LogP contribution in [-0.2, 0) is 15.9 Å². The van der Waals surface area contributed by atoms with Crippen molar-refractivity contribution in [3.63, 3.8) is 0 Å². The first-order valence-electron chi connectivity index (χ1n) is 8.56. The topological polar surface area (TPSA) is 38.8 Å². The molecule has 1 fully saturated rings. The summed E-state index contributed by atoms with van der Waals surface area (Å²) < 4.78 is 11.3. The van der Waals surface area contributed by atoms with Crippen molar-refractivity contribution in [1.82, 2.24) is 4.90 Å². The van der Waals surface area contributed by atoms with Crippen molar-refractivity contribution in [3.05, 3.63) is 48.0 Å². The molecule has 1 atom stereocenters. The van der Waals surface area contributed by atoms with Gasteiger partial charge in [0.1, 0.15) is 11.3 Å². The van der Waals surface area contributed by atoms with Crippen LogP contribution in [0.25, 0.3) is 0 Å². The van der Waals surface area contributed by atoms with Gasteiger partial charge in [-0.3, -0.25) is 4.90 Å². The molecule has 1 amide bonds. The van der Waals surface area contributed by atoms with E-state index >= 15 is 0 Å². The zero-order valence-electron chi connectivity index (χ0n) is 15.4. The molecule has 2 rings (SSSR count). The number of benzene rings is 1. The number of aryl methyl sites for hydroxylation is 1. The quantitative estimate of drug-likeness (QED) is 0.760. The van der Waals surface area contributed by atoms with Gasteiger partial charge in [-0.1, -0.05) is 42.5 Å². The molecular formula is C20H29NO3. The number of carbonyl (C=O) groups excluding carboxylic acids is 1. The minimum Gasteiger partial charge on any atom is -0.444 e. The zero-order valence-corrected chi connectivity index (χ0v) is 15.4. The number of nitrogens with zero attached hydrogens (tertiary/aromatic N) is 1. The van der Waals surface area contributed by atoms with Crippen LogP contribution >= 0.6 is 0 Å². The van der Waals surface area contributed by atoms with Gasteiger partial charge in [0.15, 0.2) is 0 Å². The van der Waals surface area contributed by atoms with Crippen molar-refractivity contribution in [2.75, 3.05) is 6.61 Å². The lowest BCUT2D eigenvalue weighted by molar-refractivity contribution is -0.0610. The monoisotopic (exact) mass is 331 g/mol. The van der Waals surface area contributed by atoms with Gasteiger partial charge in [-0.2, -0.15) is 0 Å². The number of hydrogen-bond acceptors (Lipinski definition) is 3. The first-order valence-corrected chi connectivity index (χ1v) is 8.56. The molecule has 0 saturated carbocycles. The molecular weight excluding hydrogens is 302 g/mol. The molecule has 4 nitrogen and oxygen atoms in total. The summed E-state index contributed by atoms with van der Waals surface area (Å²) in [6.45, 7) is 9.91. The van der Waals surface area contributed by atoms with Crippen LogP contribution in [0.2, 0.25) is 0 Å². The number of allylic oxidation sites excluding steroid dienone is 1. The molecule has 0 bridgehead atoms. The van der Waals surface area contributed by atoms with E-state index in [9.17, 15) is 4.79 Å². The molecule has 1 heterocycles. The predicted octanol–water partition coefficient (Wildman–Crippen LogP) is 4.55. The number of rotatable bonds is 4. The minimum atomic E-state index is -0.656. The van der Waals surface area contributed by atoms with Crippen molar-refractivity contribution in [1.29, 1.82) is 0 Å². The van der Waals surface area contributed by atoms with E-state index in [4.69, 9.17) is 9.47 Å². The van der Waals surface area contributed by atoms with Crippen molar-refractivity contribution in [2.24, 2.45) is 0 Å². The fourth-order valence-corrected chi connectivity index (χ4v) is 2.79. The molecule has 132 valence electrons. The van der Waals surface area contributed by atoms with E-state index < -0.39 is 11.3 Å². The summed E-state index contributed by atoms with van der Waals surface area (Å²) in [7, 11) is 0. The van der Waals surface area contributed by atoms with E-state index in [1.54, 1.807) is 4.90 Å². The van der Waals surface area contributed by atoms with E-state index in [1.165, 1.54) is 5.56 Å². The largest absolute Gasteiger partial charge is 0.444 e. The van der Waals surface area contributed by atoms with Gasteiger partial charge >= 0.3 is 6.09 Å². The summed E-state index contributed by atoms with van der Waals surface area (Å²) in [6, 6.07) is 10.3. The Hall–Kier alpha value is -1.81. The molecule has 1 saturated heterocycles. The molecule has 0 aliphatic carbocycles. The van der Waals surface area contributed by atoms with Crippen molar-refractivity contribution in [3.8, 4) is 0 Å². The van der Waals surface area contributed by atoms with E-state index in [2.05, 4.69) is 36.4 Å². The summed E-state index contributed by atoms with van der Waals surface area (Å²) in [5.41, 5.74) is 0.142. The highest BCUT2D eigenvalue weighted by atomic mass is 16.6. The van der Waals surface area contributed by atoms with Crippen molar-refractivity contribution < 1.29 is 14.3 Å². The third-order valence-electron chi connectivity index (χ3n) is 3.91. The number of carbonyl (C=O) groups is 1. The zero-order chi connectivity index (χ0) is 17.8. The van der Waals surface area contributed by atoms with Crippen LogP contribution in [0.4, 0.5) is 4.79 Å². The molecule has 1 aromatic rings. The van der Waals surface area contributed by atoms with Crippen molar-refractivity contribution >= 4 is 6.09 Å². The maximum atomic E-state index is 12.5. The van der Waals surface area contributed by atoms with Crippen LogP contribution in [0.15, 0.2) is 42.5 Å². The Morgan fingerprint density at radius 1 is 1.33 bits per heavy atom. The first kappa shape index (κ1) is 18.5. The molecule has 1 unspecified atom stereocenters. The molecule has 0 spiro atoms. The summed E-state index contributed by atoms with van der Waals surface area (Å²) in [5, 5.41) is 0. The minimum absolute atomic E-state index is 0.0920. The molecule has 0 N–H and O–H groups in total. The average molecular weight is 331 g/mol. The highest BCUT2D eigenvalue weighted by molar-refractivity contribution is 5.70. The second-order valence-corrected chi connectivity index (χ2v) is 7.63. The molecule has 4 heteroatoms. The summed E-state index contributed by atoms with van der Waals surface area (Å²) in [4.78, 5) is 14.2. The highest BCUT2D eigenvalue weighted by Crippen LogP contribution is 2.30. The summed E-state index contributed by atoms with van der Waals surface area (Å²) >= 11 is 0. The Bertz CT molecular complexity index is 572. The second-order valence-electron chi connectivity index (χ2n) is 7.63. The van der Waals surface area contributed by atoms with Gasteiger partial charge in [0.2, 0.25) is 0 Å². The molecule has 1 aliphatic rings. The molecule has 24 heavy (non-hydrogen) atoms. The Morgan fingerprint density at radius 2 is 2.00 bits per heavy atom. The summed E-state index contributed by atoms with van der Waals surface area (Å²) in [5.74, 6) is 0. The second kappa shape index (κ2) is 7.39. The SMILES string of the molecule is CC(C)(C)OC(=O)N1C(/C=C\CCc2ccccc2)COC1(C)C. The van der Waals surface area contributed by atoms with Crippen LogP contribution in [0.5, 0.6) is 0 Å². The van der Waals surface area contributed by atoms with Gasteiger partial charge in [-0.25, -0.2) is 4.79 Å². The normalized spacial score (nSPS) is 20.5. The molecule has 0 radical (unpaired) electrons. The Labute approximate surface area is 145 Å². The van der Waals surface area contributed by atoms with E-state index in [-0.39, 0.29) is 12.1 Å². The van der Waals surface area contributed by atoms with Gasteiger partial charge in [0.05, 0.1) is 12.6 Å². The Kier molecular flexibility index (Phi) is 5.70. The van der Waals surface area contributed by atoms with Crippen LogP contribution in [-0.4, -0.2) is 35.0 Å². The van der Waals surface area contributed by atoms with Gasteiger partial charge in [-0.15, -0.1) is 0 Å². The first-order chi connectivity index (χ1) is 11.2. The lowest BCUT2D eigenvalue weighted by atomic mass is 10.1. The van der Waals surface area contributed by atoms with Crippen LogP contribution in [0.3, 0.4) is 0 Å². The van der Waals surface area contributed by atoms with Crippen LogP contribution in [0.1, 0.15) is 46.6 Å². The lowest BCUT2D eigenvalue weighted by Crippen LogP contribution is -2.49. The lowest BCUT2D eigenvalue weighted by Gasteiger charge is -2.34. The standard InChI is InChI=1S/C20H29NO3/c1-19(2,3)24-18(22)21-17(15-23-20(21,4)5)14-10-9-13-16-11-7-6-8-12-16/h6-8,10-12,14,17H,9,13,15H2,1-5H3/b14-10-. The van der Waals surface area contributed by atoms with E-state index in [0.29, 0.717) is 6.61 Å². The van der Waals surface area contributed by atoms with E-state index in [1.807, 2.05) is 40.7 Å². The third-order valence-corrected chi connectivity index (χ3v) is 3.91. The fourth-order valence-electron chi connectivity index (χ4n) is 2.79. The predicted molar refractivity (Wildman–Crippen MR) is 95.8 cm³/mol. The van der Waals surface area contributed by atoms with Crippen LogP contribution in [0, 0.1) is 0 Å². The maximum absolute atomic E-state index is 12.5. The van der Waals surface area contributed by atoms with Crippen molar-refractivity contribution in [2.45, 2.75) is 64.8 Å². The maximum Gasteiger partial charge on any atom is 0.413 e. The molecule has 0 aromatic heterocycles. The number of amides is 1. The smallest absolute Gasteiger partial charge is 0.413 e. The number of hydrogen-bond donors (Lipinski definition) is 0. The fraction of sp³-hybridized carbons (Fsp3) is 0.550. The van der Waals surface area contributed by atoms with E-state index in [0.717, 1.165) is 12.8 Å².